The Morgan fingerprint density at radius 1 is 1.06 bits per heavy atom. The largest absolute Gasteiger partial charge is 0.392 e. The number of benzene rings is 2. The highest BCUT2D eigenvalue weighted by atomic mass is 16.2. The number of rotatable bonds is 17. The van der Waals surface area contributed by atoms with Crippen LogP contribution in [0.25, 0.3) is 0 Å². The van der Waals surface area contributed by atoms with E-state index >= 15 is 0 Å². The number of carbonyl (C=O) groups excluding carboxylic acids is 3. The number of allylic oxidation sites excluding steroid dienone is 1. The van der Waals surface area contributed by atoms with E-state index in [4.69, 9.17) is 10.4 Å². The topological polar surface area (TPSA) is 133 Å². The van der Waals surface area contributed by atoms with Crippen molar-refractivity contribution < 1.29 is 14.4 Å². The highest BCUT2D eigenvalue weighted by molar-refractivity contribution is 6.00. The van der Waals surface area contributed by atoms with Crippen molar-refractivity contribution >= 4 is 24.6 Å². The lowest BCUT2D eigenvalue weighted by molar-refractivity contribution is -0.117. The Morgan fingerprint density at radius 2 is 1.78 bits per heavy atom. The van der Waals surface area contributed by atoms with Crippen LogP contribution in [0.5, 0.6) is 0 Å². The van der Waals surface area contributed by atoms with Gasteiger partial charge in [-0.2, -0.15) is 10.4 Å². The van der Waals surface area contributed by atoms with Crippen LogP contribution >= 0.6 is 0 Å². The number of aryl methyl sites for hydroxylation is 2. The molecule has 278 valence electrons. The lowest BCUT2D eigenvalue weighted by Crippen LogP contribution is -2.51. The monoisotopic (exact) mass is 700 g/mol. The molecule has 2 aromatic carbocycles. The average Bonchev–Trinajstić information content (AvgIpc) is 3.11. The van der Waals surface area contributed by atoms with Crippen molar-refractivity contribution in [3.63, 3.8) is 0 Å². The molecule has 1 aliphatic rings. The number of nitriles is 1. The van der Waals surface area contributed by atoms with Crippen LogP contribution in [0.2, 0.25) is 0 Å². The molecule has 11 heteroatoms. The third-order valence-electron chi connectivity index (χ3n) is 9.29. The quantitative estimate of drug-likeness (QED) is 0.0733. The van der Waals surface area contributed by atoms with Gasteiger partial charge < -0.3 is 25.8 Å². The summed E-state index contributed by atoms with van der Waals surface area (Å²) in [5, 5.41) is 24.8. The second-order valence-electron chi connectivity index (χ2n) is 13.5. The molecule has 3 rings (SSSR count). The van der Waals surface area contributed by atoms with Gasteiger partial charge >= 0.3 is 0 Å². The van der Waals surface area contributed by atoms with E-state index in [-0.39, 0.29) is 11.9 Å². The third-order valence-corrected chi connectivity index (χ3v) is 9.29. The van der Waals surface area contributed by atoms with Crippen molar-refractivity contribution in [1.82, 2.24) is 30.8 Å². The number of hydrogen-bond acceptors (Lipinski definition) is 8. The fraction of sp³-hybridized carbons (Fsp3) is 0.525. The molecule has 0 aliphatic heterocycles. The summed E-state index contributed by atoms with van der Waals surface area (Å²) < 4.78 is 0. The van der Waals surface area contributed by atoms with Gasteiger partial charge in [-0.3, -0.25) is 19.4 Å². The Kier molecular flexibility index (Phi) is 17.9. The number of fused-ring (bicyclic) bond motifs is 2. The first-order valence-corrected chi connectivity index (χ1v) is 18.0. The van der Waals surface area contributed by atoms with E-state index in [1.807, 2.05) is 38.2 Å². The molecule has 0 fully saturated rings. The van der Waals surface area contributed by atoms with Crippen LogP contribution in [0.1, 0.15) is 84.6 Å². The summed E-state index contributed by atoms with van der Waals surface area (Å²) in [5.41, 5.74) is 6.92. The maximum Gasteiger partial charge on any atom is 0.253 e. The maximum absolute atomic E-state index is 13.0. The molecule has 0 saturated heterocycles. The van der Waals surface area contributed by atoms with Crippen LogP contribution in [-0.4, -0.2) is 100 Å². The first-order valence-electron chi connectivity index (χ1n) is 18.0. The SMILES string of the molecule is C=C(Cc1ccc2c(c1)CCc1cc(C(=O)N(C)C)ccc1C(CC(C)NCC)(/C(=N/N(C)CC)NC=O)C2)NC.CN(C=O)CCCCC#N. The summed E-state index contributed by atoms with van der Waals surface area (Å²) >= 11 is 0. The molecule has 2 atom stereocenters. The first-order chi connectivity index (χ1) is 24.4. The number of nitrogens with one attached hydrogen (secondary N) is 3. The van der Waals surface area contributed by atoms with Gasteiger partial charge in [-0.05, 0) is 98.9 Å². The Hall–Kier alpha value is -4.69. The van der Waals surface area contributed by atoms with Crippen molar-refractivity contribution in [3.05, 3.63) is 82.1 Å². The molecule has 11 nitrogen and oxygen atoms in total. The van der Waals surface area contributed by atoms with Gasteiger partial charge in [0.15, 0.2) is 0 Å². The van der Waals surface area contributed by atoms with Crippen molar-refractivity contribution in [3.8, 4) is 6.07 Å². The highest BCUT2D eigenvalue weighted by Gasteiger charge is 2.43. The van der Waals surface area contributed by atoms with Crippen LogP contribution in [0.4, 0.5) is 0 Å². The normalized spacial score (nSPS) is 15.5. The van der Waals surface area contributed by atoms with Crippen LogP contribution < -0.4 is 16.0 Å². The number of hydrazone groups is 1. The highest BCUT2D eigenvalue weighted by Crippen LogP contribution is 2.40. The fourth-order valence-electron chi connectivity index (χ4n) is 6.49. The summed E-state index contributed by atoms with van der Waals surface area (Å²) in [4.78, 5) is 38.3. The molecular weight excluding hydrogens is 640 g/mol. The standard InChI is InChI=1S/C33H48N6O2.C7H12N2O/c1-9-35-24(4)20-33(32(36-22-40)37-39(8)10-2)21-29-12-11-25(17-23(3)34-5)18-26(29)13-14-27-19-28(15-16-30(27)33)31(41)38(6)7;1-9(7-10)6-4-2-3-5-8/h11-12,15-16,18-19,22,24,34-35H,3,9-10,13-14,17,20-21H2,1-2,4-8H3,(H,36,37,40);7H,2-4,6H2,1H3. The summed E-state index contributed by atoms with van der Waals surface area (Å²) in [6.07, 6.45) is 7.67. The van der Waals surface area contributed by atoms with Crippen molar-refractivity contribution in [2.75, 3.05) is 54.9 Å². The summed E-state index contributed by atoms with van der Waals surface area (Å²) in [7, 11) is 9.10. The Labute approximate surface area is 306 Å². The molecule has 1 aliphatic carbocycles. The summed E-state index contributed by atoms with van der Waals surface area (Å²) in [6, 6.07) is 15.0. The second-order valence-corrected chi connectivity index (χ2v) is 13.5. The third kappa shape index (κ3) is 12.5. The molecule has 0 spiro atoms. The Bertz CT molecular complexity index is 1530. The lowest BCUT2D eigenvalue weighted by Gasteiger charge is -2.41. The number of amidine groups is 1. The molecule has 0 saturated carbocycles. The summed E-state index contributed by atoms with van der Waals surface area (Å²) in [6.45, 7) is 12.7. The van der Waals surface area contributed by atoms with E-state index in [2.05, 4.69) is 66.7 Å². The number of likely N-dealkylation sites (N-methyl/N-ethyl adjacent to an activating group) is 1. The fourth-order valence-corrected chi connectivity index (χ4v) is 6.49. The number of unbranched alkanes of at least 4 members (excludes halogenated alkanes) is 2. The summed E-state index contributed by atoms with van der Waals surface area (Å²) in [5.74, 6) is 0.593. The van der Waals surface area contributed by atoms with Gasteiger partial charge in [0.2, 0.25) is 12.8 Å². The van der Waals surface area contributed by atoms with Gasteiger partial charge in [-0.1, -0.05) is 37.8 Å². The minimum absolute atomic E-state index is 0.0274. The van der Waals surface area contributed by atoms with Crippen molar-refractivity contribution in [1.29, 1.82) is 5.26 Å². The van der Waals surface area contributed by atoms with Gasteiger partial charge in [0.05, 0.1) is 11.5 Å². The van der Waals surface area contributed by atoms with Gasteiger partial charge in [-0.15, -0.1) is 0 Å². The number of hydrogen-bond donors (Lipinski definition) is 3. The molecule has 3 N–H and O–H groups in total. The predicted octanol–water partition coefficient (Wildman–Crippen LogP) is 4.41. The molecule has 0 aromatic heterocycles. The van der Waals surface area contributed by atoms with Gasteiger partial charge in [-0.25, -0.2) is 0 Å². The van der Waals surface area contributed by atoms with Crippen molar-refractivity contribution in [2.24, 2.45) is 5.10 Å². The van der Waals surface area contributed by atoms with Crippen LogP contribution in [0.3, 0.4) is 0 Å². The Balaban J connectivity index is 0.000000783. The van der Waals surface area contributed by atoms with Crippen LogP contribution in [-0.2, 0) is 40.7 Å². The van der Waals surface area contributed by atoms with Crippen LogP contribution in [0, 0.1) is 11.3 Å². The number of carbonyl (C=O) groups is 3. The zero-order valence-corrected chi connectivity index (χ0v) is 32.1. The van der Waals surface area contributed by atoms with E-state index in [1.54, 1.807) is 30.9 Å². The van der Waals surface area contributed by atoms with Crippen LogP contribution in [0.15, 0.2) is 53.8 Å². The zero-order valence-electron chi connectivity index (χ0n) is 32.1. The van der Waals surface area contributed by atoms with Crippen molar-refractivity contribution in [2.45, 2.75) is 83.6 Å². The molecule has 0 bridgehead atoms. The molecule has 2 unspecified atom stereocenters. The molecule has 51 heavy (non-hydrogen) atoms. The van der Waals surface area contributed by atoms with Gasteiger partial charge in [0.25, 0.3) is 5.91 Å². The second kappa shape index (κ2) is 21.5. The Morgan fingerprint density at radius 3 is 2.39 bits per heavy atom. The number of nitrogens with zero attached hydrogens (tertiary/aromatic N) is 5. The molecule has 3 amide bonds. The van der Waals surface area contributed by atoms with E-state index in [0.29, 0.717) is 37.2 Å². The minimum atomic E-state index is -0.647. The number of amides is 3. The first kappa shape index (κ1) is 42.5. The molecule has 0 radical (unpaired) electrons. The molecule has 2 aromatic rings. The van der Waals surface area contributed by atoms with E-state index < -0.39 is 5.41 Å². The van der Waals surface area contributed by atoms with E-state index in [0.717, 1.165) is 74.8 Å². The van der Waals surface area contributed by atoms with Gasteiger partial charge in [0.1, 0.15) is 5.84 Å². The predicted molar refractivity (Wildman–Crippen MR) is 206 cm³/mol. The smallest absolute Gasteiger partial charge is 0.253 e. The molecular formula is C40H60N8O3. The van der Waals surface area contributed by atoms with E-state index in [9.17, 15) is 14.4 Å². The maximum atomic E-state index is 13.0. The minimum Gasteiger partial charge on any atom is -0.392 e. The molecule has 0 heterocycles. The van der Waals surface area contributed by atoms with E-state index in [1.165, 1.54) is 16.7 Å². The average molecular weight is 701 g/mol. The lowest BCUT2D eigenvalue weighted by atomic mass is 9.66. The van der Waals surface area contributed by atoms with Gasteiger partial charge in [0, 0.05) is 78.5 Å². The zero-order chi connectivity index (χ0) is 38.0.